The number of para-hydroxylation sites is 3. The summed E-state index contributed by atoms with van der Waals surface area (Å²) in [4.78, 5) is 0. The Balaban J connectivity index is 2.14. The molecule has 0 unspecified atom stereocenters. The Hall–Kier alpha value is -1.68. The van der Waals surface area contributed by atoms with Crippen molar-refractivity contribution in [1.82, 2.24) is 0 Å². The Morgan fingerprint density at radius 2 is 1.94 bits per heavy atom. The molecule has 0 radical (unpaired) electrons. The molecule has 18 heavy (non-hydrogen) atoms. The van der Waals surface area contributed by atoms with Crippen molar-refractivity contribution in [3.63, 3.8) is 0 Å². The summed E-state index contributed by atoms with van der Waals surface area (Å²) in [7, 11) is 1.64. The van der Waals surface area contributed by atoms with Crippen molar-refractivity contribution in [3.05, 3.63) is 52.5 Å². The highest BCUT2D eigenvalue weighted by atomic mass is 79.9. The number of benzene rings is 2. The average molecular weight is 308 g/mol. The molecule has 0 fully saturated rings. The van der Waals surface area contributed by atoms with Gasteiger partial charge in [-0.25, -0.2) is 0 Å². The van der Waals surface area contributed by atoms with Gasteiger partial charge in [0.05, 0.1) is 17.3 Å². The van der Waals surface area contributed by atoms with Crippen LogP contribution in [0, 0.1) is 0 Å². The van der Waals surface area contributed by atoms with E-state index in [9.17, 15) is 5.11 Å². The fourth-order valence-corrected chi connectivity index (χ4v) is 2.09. The van der Waals surface area contributed by atoms with Gasteiger partial charge in [-0.1, -0.05) is 24.3 Å². The van der Waals surface area contributed by atoms with Crippen molar-refractivity contribution in [2.75, 3.05) is 12.4 Å². The van der Waals surface area contributed by atoms with Crippen LogP contribution in [0.3, 0.4) is 0 Å². The van der Waals surface area contributed by atoms with Crippen LogP contribution in [0.15, 0.2) is 46.9 Å². The Kier molecular flexibility index (Phi) is 4.10. The number of aromatic hydroxyl groups is 1. The summed E-state index contributed by atoms with van der Waals surface area (Å²) in [6.45, 7) is 0.533. The molecule has 0 spiro atoms. The quantitative estimate of drug-likeness (QED) is 0.903. The fraction of sp³-hybridized carbons (Fsp3) is 0.143. The Morgan fingerprint density at radius 1 is 1.17 bits per heavy atom. The predicted molar refractivity (Wildman–Crippen MR) is 76.1 cm³/mol. The van der Waals surface area contributed by atoms with Gasteiger partial charge in [0.2, 0.25) is 0 Å². The Labute approximate surface area is 115 Å². The van der Waals surface area contributed by atoms with E-state index in [0.29, 0.717) is 11.0 Å². The van der Waals surface area contributed by atoms with Gasteiger partial charge in [-0.15, -0.1) is 0 Å². The second-order valence-corrected chi connectivity index (χ2v) is 4.66. The van der Waals surface area contributed by atoms with Crippen molar-refractivity contribution in [3.8, 4) is 11.5 Å². The molecule has 0 atom stereocenters. The highest BCUT2D eigenvalue weighted by Crippen LogP contribution is 2.29. The minimum absolute atomic E-state index is 0.264. The monoisotopic (exact) mass is 307 g/mol. The predicted octanol–water partition coefficient (Wildman–Crippen LogP) is 3.78. The van der Waals surface area contributed by atoms with Crippen LogP contribution in [-0.4, -0.2) is 12.2 Å². The van der Waals surface area contributed by atoms with Crippen LogP contribution in [0.25, 0.3) is 0 Å². The van der Waals surface area contributed by atoms with E-state index in [-0.39, 0.29) is 5.75 Å². The zero-order valence-electron chi connectivity index (χ0n) is 9.98. The number of nitrogens with one attached hydrogen (secondary N) is 1. The summed E-state index contributed by atoms with van der Waals surface area (Å²) in [5, 5.41) is 13.1. The van der Waals surface area contributed by atoms with Crippen molar-refractivity contribution in [2.45, 2.75) is 6.54 Å². The standard InChI is InChI=1S/C14H14BrNO2/c1-18-13-8-3-2-7-12(13)16-9-10-5-4-6-11(15)14(10)17/h2-8,16-17H,9H2,1H3. The van der Waals surface area contributed by atoms with Crippen molar-refractivity contribution in [1.29, 1.82) is 0 Å². The molecule has 0 heterocycles. The topological polar surface area (TPSA) is 41.5 Å². The maximum atomic E-state index is 9.88. The minimum atomic E-state index is 0.264. The molecule has 0 aliphatic carbocycles. The lowest BCUT2D eigenvalue weighted by molar-refractivity contribution is 0.416. The van der Waals surface area contributed by atoms with Crippen molar-refractivity contribution >= 4 is 21.6 Å². The van der Waals surface area contributed by atoms with Crippen LogP contribution in [-0.2, 0) is 6.54 Å². The first-order valence-electron chi connectivity index (χ1n) is 5.55. The van der Waals surface area contributed by atoms with E-state index in [1.54, 1.807) is 7.11 Å². The van der Waals surface area contributed by atoms with E-state index in [1.807, 2.05) is 42.5 Å². The molecule has 94 valence electrons. The van der Waals surface area contributed by atoms with E-state index in [2.05, 4.69) is 21.2 Å². The molecule has 0 aliphatic rings. The highest BCUT2D eigenvalue weighted by Gasteiger charge is 2.06. The lowest BCUT2D eigenvalue weighted by Crippen LogP contribution is -2.01. The molecule has 0 amide bonds. The first-order chi connectivity index (χ1) is 8.72. The molecular weight excluding hydrogens is 294 g/mol. The third kappa shape index (κ3) is 2.76. The lowest BCUT2D eigenvalue weighted by atomic mass is 10.2. The van der Waals surface area contributed by atoms with E-state index in [0.717, 1.165) is 17.0 Å². The molecule has 0 aliphatic heterocycles. The van der Waals surface area contributed by atoms with Gasteiger partial charge < -0.3 is 15.2 Å². The van der Waals surface area contributed by atoms with E-state index >= 15 is 0 Å². The molecule has 3 nitrogen and oxygen atoms in total. The van der Waals surface area contributed by atoms with Gasteiger partial charge in [0.15, 0.2) is 0 Å². The average Bonchev–Trinajstić information content (AvgIpc) is 2.41. The number of phenols is 1. The number of anilines is 1. The van der Waals surface area contributed by atoms with Crippen LogP contribution >= 0.6 is 15.9 Å². The summed E-state index contributed by atoms with van der Waals surface area (Å²) in [6.07, 6.45) is 0. The van der Waals surface area contributed by atoms with Crippen LogP contribution < -0.4 is 10.1 Å². The summed E-state index contributed by atoms with van der Waals surface area (Å²) >= 11 is 3.30. The second-order valence-electron chi connectivity index (χ2n) is 3.80. The third-order valence-electron chi connectivity index (χ3n) is 2.65. The van der Waals surface area contributed by atoms with Gasteiger partial charge in [0.1, 0.15) is 11.5 Å². The molecule has 0 saturated carbocycles. The van der Waals surface area contributed by atoms with E-state index < -0.39 is 0 Å². The third-order valence-corrected chi connectivity index (χ3v) is 3.29. The molecule has 0 bridgehead atoms. The van der Waals surface area contributed by atoms with E-state index in [1.165, 1.54) is 0 Å². The SMILES string of the molecule is COc1ccccc1NCc1cccc(Br)c1O. The fourth-order valence-electron chi connectivity index (χ4n) is 1.68. The number of rotatable bonds is 4. The van der Waals surface area contributed by atoms with Gasteiger partial charge in [0.25, 0.3) is 0 Å². The van der Waals surface area contributed by atoms with Crippen molar-refractivity contribution in [2.24, 2.45) is 0 Å². The number of hydrogen-bond donors (Lipinski definition) is 2. The van der Waals surface area contributed by atoms with Crippen LogP contribution in [0.2, 0.25) is 0 Å². The normalized spacial score (nSPS) is 10.1. The minimum Gasteiger partial charge on any atom is -0.506 e. The Morgan fingerprint density at radius 3 is 2.72 bits per heavy atom. The maximum absolute atomic E-state index is 9.88. The number of hydrogen-bond acceptors (Lipinski definition) is 3. The summed E-state index contributed by atoms with van der Waals surface area (Å²) in [5.74, 6) is 1.05. The molecule has 0 saturated heterocycles. The second kappa shape index (κ2) is 5.78. The summed E-state index contributed by atoms with van der Waals surface area (Å²) in [5.41, 5.74) is 1.73. The van der Waals surface area contributed by atoms with Gasteiger partial charge in [-0.05, 0) is 34.1 Å². The van der Waals surface area contributed by atoms with Gasteiger partial charge in [-0.2, -0.15) is 0 Å². The first kappa shape index (κ1) is 12.8. The van der Waals surface area contributed by atoms with Gasteiger partial charge in [0, 0.05) is 12.1 Å². The highest BCUT2D eigenvalue weighted by molar-refractivity contribution is 9.10. The summed E-state index contributed by atoms with van der Waals surface area (Å²) in [6, 6.07) is 13.3. The van der Waals surface area contributed by atoms with E-state index in [4.69, 9.17) is 4.74 Å². The molecule has 2 aromatic carbocycles. The zero-order chi connectivity index (χ0) is 13.0. The Bertz CT molecular complexity index is 543. The molecule has 2 rings (SSSR count). The zero-order valence-corrected chi connectivity index (χ0v) is 11.6. The number of methoxy groups -OCH3 is 1. The molecule has 2 aromatic rings. The number of ether oxygens (including phenoxy) is 1. The number of phenolic OH excluding ortho intramolecular Hbond substituents is 1. The van der Waals surface area contributed by atoms with Crippen molar-refractivity contribution < 1.29 is 9.84 Å². The lowest BCUT2D eigenvalue weighted by Gasteiger charge is -2.12. The largest absolute Gasteiger partial charge is 0.506 e. The van der Waals surface area contributed by atoms with Crippen LogP contribution in [0.5, 0.6) is 11.5 Å². The molecular formula is C14H14BrNO2. The molecule has 0 aromatic heterocycles. The van der Waals surface area contributed by atoms with Crippen LogP contribution in [0.4, 0.5) is 5.69 Å². The maximum Gasteiger partial charge on any atom is 0.141 e. The summed E-state index contributed by atoms with van der Waals surface area (Å²) < 4.78 is 5.95. The molecule has 4 heteroatoms. The smallest absolute Gasteiger partial charge is 0.141 e. The molecule has 2 N–H and O–H groups in total. The number of halogens is 1. The van der Waals surface area contributed by atoms with Gasteiger partial charge in [-0.3, -0.25) is 0 Å². The van der Waals surface area contributed by atoms with Gasteiger partial charge >= 0.3 is 0 Å². The first-order valence-corrected chi connectivity index (χ1v) is 6.35. The van der Waals surface area contributed by atoms with Crippen LogP contribution in [0.1, 0.15) is 5.56 Å².